The van der Waals surface area contributed by atoms with Crippen molar-refractivity contribution in [3.63, 3.8) is 0 Å². The molecule has 2 N–H and O–H groups in total. The normalized spacial score (nSPS) is 11.5. The van der Waals surface area contributed by atoms with Gasteiger partial charge in [0, 0.05) is 0 Å². The van der Waals surface area contributed by atoms with Crippen LogP contribution in [0.5, 0.6) is 5.75 Å². The second-order valence-corrected chi connectivity index (χ2v) is 4.08. The highest BCUT2D eigenvalue weighted by Gasteiger charge is 2.30. The van der Waals surface area contributed by atoms with Crippen molar-refractivity contribution in [1.29, 1.82) is 0 Å². The van der Waals surface area contributed by atoms with E-state index in [1.54, 1.807) is 13.8 Å². The molecule has 1 rings (SSSR count). The van der Waals surface area contributed by atoms with Crippen molar-refractivity contribution in [2.75, 3.05) is 12.3 Å². The smallest absolute Gasteiger partial charge is 0.416 e. The first-order chi connectivity index (χ1) is 8.70. The van der Waals surface area contributed by atoms with Crippen LogP contribution in [0.15, 0.2) is 18.2 Å². The van der Waals surface area contributed by atoms with Crippen LogP contribution >= 0.6 is 0 Å². The van der Waals surface area contributed by atoms with Gasteiger partial charge in [-0.2, -0.15) is 13.2 Å². The molecule has 0 aliphatic carbocycles. The summed E-state index contributed by atoms with van der Waals surface area (Å²) in [6, 6.07) is 2.66. The Balaban J connectivity index is 2.68. The van der Waals surface area contributed by atoms with Gasteiger partial charge in [0.05, 0.1) is 17.4 Å². The van der Waals surface area contributed by atoms with E-state index in [0.29, 0.717) is 0 Å². The van der Waals surface area contributed by atoms with Crippen LogP contribution in [0.2, 0.25) is 0 Å². The number of carbonyl (C=O) groups is 1. The average Bonchev–Trinajstić information content (AvgIpc) is 2.25. The number of nitrogens with two attached hydrogens (primary N) is 1. The predicted molar refractivity (Wildman–Crippen MR) is 62.6 cm³/mol. The van der Waals surface area contributed by atoms with E-state index in [1.165, 1.54) is 0 Å². The summed E-state index contributed by atoms with van der Waals surface area (Å²) in [6.45, 7) is 2.93. The van der Waals surface area contributed by atoms with Gasteiger partial charge in [0.2, 0.25) is 0 Å². The number of anilines is 1. The first-order valence-electron chi connectivity index (χ1n) is 5.49. The maximum atomic E-state index is 12.4. The summed E-state index contributed by atoms with van der Waals surface area (Å²) in [4.78, 5) is 11.2. The molecule has 0 fully saturated rings. The van der Waals surface area contributed by atoms with Crippen LogP contribution in [0.4, 0.5) is 18.9 Å². The van der Waals surface area contributed by atoms with Gasteiger partial charge in [0.1, 0.15) is 5.75 Å². The summed E-state index contributed by atoms with van der Waals surface area (Å²) in [5.74, 6) is -0.608. The molecule has 0 aromatic heterocycles. The highest BCUT2D eigenvalue weighted by atomic mass is 19.4. The molecule has 7 heteroatoms. The maximum absolute atomic E-state index is 12.4. The molecule has 0 amide bonds. The fraction of sp³-hybridized carbons (Fsp3) is 0.417. The zero-order valence-corrected chi connectivity index (χ0v) is 10.5. The Morgan fingerprint density at radius 1 is 1.37 bits per heavy atom. The molecule has 0 aliphatic rings. The first kappa shape index (κ1) is 15.1. The van der Waals surface area contributed by atoms with Gasteiger partial charge in [-0.25, -0.2) is 4.79 Å². The fourth-order valence-corrected chi connectivity index (χ4v) is 1.29. The minimum absolute atomic E-state index is 0.00806. The quantitative estimate of drug-likeness (QED) is 0.679. The lowest BCUT2D eigenvalue weighted by Crippen LogP contribution is -2.19. The summed E-state index contributed by atoms with van der Waals surface area (Å²) < 4.78 is 47.0. The van der Waals surface area contributed by atoms with Gasteiger partial charge >= 0.3 is 12.1 Å². The van der Waals surface area contributed by atoms with Crippen LogP contribution in [0, 0.1) is 0 Å². The third-order valence-electron chi connectivity index (χ3n) is 2.05. The predicted octanol–water partition coefficient (Wildman–Crippen LogP) is 2.62. The maximum Gasteiger partial charge on any atom is 0.416 e. The van der Waals surface area contributed by atoms with Crippen molar-refractivity contribution in [1.82, 2.24) is 0 Å². The number of benzene rings is 1. The van der Waals surface area contributed by atoms with E-state index in [4.69, 9.17) is 15.2 Å². The van der Waals surface area contributed by atoms with Crippen molar-refractivity contribution >= 4 is 11.7 Å². The van der Waals surface area contributed by atoms with Crippen molar-refractivity contribution in [3.8, 4) is 5.75 Å². The number of carbonyl (C=O) groups excluding carboxylic acids is 1. The molecule has 0 bridgehead atoms. The molecule has 1 aromatic carbocycles. The van der Waals surface area contributed by atoms with E-state index in [0.717, 1.165) is 18.2 Å². The Bertz CT molecular complexity index is 458. The molecule has 0 aliphatic heterocycles. The molecule has 1 aromatic rings. The van der Waals surface area contributed by atoms with Crippen molar-refractivity contribution in [2.45, 2.75) is 26.1 Å². The number of ether oxygens (including phenoxy) is 2. The van der Waals surface area contributed by atoms with Crippen molar-refractivity contribution in [2.24, 2.45) is 0 Å². The van der Waals surface area contributed by atoms with Gasteiger partial charge in [-0.05, 0) is 32.0 Å². The molecule has 0 atom stereocenters. The molecule has 0 saturated heterocycles. The van der Waals surface area contributed by atoms with Gasteiger partial charge < -0.3 is 15.2 Å². The van der Waals surface area contributed by atoms with Gasteiger partial charge in [-0.3, -0.25) is 0 Å². The van der Waals surface area contributed by atoms with Crippen LogP contribution in [-0.2, 0) is 15.7 Å². The molecule has 19 heavy (non-hydrogen) atoms. The van der Waals surface area contributed by atoms with Gasteiger partial charge in [0.15, 0.2) is 6.61 Å². The van der Waals surface area contributed by atoms with Gasteiger partial charge in [-0.15, -0.1) is 0 Å². The molecular weight excluding hydrogens is 263 g/mol. The molecule has 0 radical (unpaired) electrons. The molecule has 0 unspecified atom stereocenters. The summed E-state index contributed by atoms with van der Waals surface area (Å²) in [5.41, 5.74) is 4.37. The second kappa shape index (κ2) is 5.81. The largest absolute Gasteiger partial charge is 0.480 e. The lowest BCUT2D eigenvalue weighted by Gasteiger charge is -2.12. The van der Waals surface area contributed by atoms with E-state index in [1.807, 2.05) is 0 Å². The SMILES string of the molecule is CC(C)OC(=O)COc1ccc(C(F)(F)F)cc1N. The van der Waals surface area contributed by atoms with Crippen LogP contribution < -0.4 is 10.5 Å². The average molecular weight is 277 g/mol. The lowest BCUT2D eigenvalue weighted by atomic mass is 10.2. The van der Waals surface area contributed by atoms with Crippen molar-refractivity contribution < 1.29 is 27.4 Å². The molecule has 0 spiro atoms. The van der Waals surface area contributed by atoms with Crippen LogP contribution in [0.3, 0.4) is 0 Å². The van der Waals surface area contributed by atoms with Gasteiger partial charge in [0.25, 0.3) is 0 Å². The number of halogens is 3. The molecule has 4 nitrogen and oxygen atoms in total. The Morgan fingerprint density at radius 2 is 2.00 bits per heavy atom. The van der Waals surface area contributed by atoms with E-state index >= 15 is 0 Å². The number of alkyl halides is 3. The Kier molecular flexibility index (Phi) is 4.63. The Labute approximate surface area is 108 Å². The van der Waals surface area contributed by atoms with Gasteiger partial charge in [-0.1, -0.05) is 0 Å². The number of esters is 1. The highest BCUT2D eigenvalue weighted by Crippen LogP contribution is 2.33. The lowest BCUT2D eigenvalue weighted by molar-refractivity contribution is -0.149. The summed E-state index contributed by atoms with van der Waals surface area (Å²) in [7, 11) is 0. The number of hydrogen-bond acceptors (Lipinski definition) is 4. The van der Waals surface area contributed by atoms with Crippen LogP contribution in [0.1, 0.15) is 19.4 Å². The first-order valence-corrected chi connectivity index (χ1v) is 5.49. The minimum atomic E-state index is -4.47. The fourth-order valence-electron chi connectivity index (χ4n) is 1.29. The number of rotatable bonds is 4. The number of hydrogen-bond donors (Lipinski definition) is 1. The van der Waals surface area contributed by atoms with Crippen LogP contribution in [0.25, 0.3) is 0 Å². The summed E-state index contributed by atoms with van der Waals surface area (Å²) >= 11 is 0. The molecular formula is C12H14F3NO3. The summed E-state index contributed by atoms with van der Waals surface area (Å²) in [6.07, 6.45) is -4.76. The minimum Gasteiger partial charge on any atom is -0.480 e. The third kappa shape index (κ3) is 4.69. The zero-order chi connectivity index (χ0) is 14.6. The van der Waals surface area contributed by atoms with Crippen molar-refractivity contribution in [3.05, 3.63) is 23.8 Å². The Morgan fingerprint density at radius 3 is 2.47 bits per heavy atom. The van der Waals surface area contributed by atoms with E-state index in [9.17, 15) is 18.0 Å². The van der Waals surface area contributed by atoms with E-state index < -0.39 is 24.3 Å². The molecule has 0 saturated carbocycles. The summed E-state index contributed by atoms with van der Waals surface area (Å²) in [5, 5.41) is 0. The molecule has 106 valence electrons. The Hall–Kier alpha value is -1.92. The monoisotopic (exact) mass is 277 g/mol. The van der Waals surface area contributed by atoms with Crippen LogP contribution in [-0.4, -0.2) is 18.7 Å². The topological polar surface area (TPSA) is 61.5 Å². The second-order valence-electron chi connectivity index (χ2n) is 4.08. The molecule has 0 heterocycles. The van der Waals surface area contributed by atoms with E-state index in [-0.39, 0.29) is 17.5 Å². The third-order valence-corrected chi connectivity index (χ3v) is 2.05. The standard InChI is InChI=1S/C12H14F3NO3/c1-7(2)19-11(17)6-18-10-4-3-8(5-9(10)16)12(13,14)15/h3-5,7H,6,16H2,1-2H3. The highest BCUT2D eigenvalue weighted by molar-refractivity contribution is 5.71. The zero-order valence-electron chi connectivity index (χ0n) is 10.5. The number of nitrogen functional groups attached to an aromatic ring is 1. The van der Waals surface area contributed by atoms with E-state index in [2.05, 4.69) is 0 Å².